The highest BCUT2D eigenvalue weighted by Gasteiger charge is 2.54. The van der Waals surface area contributed by atoms with Gasteiger partial charge in [0, 0.05) is 12.1 Å². The van der Waals surface area contributed by atoms with Crippen LogP contribution in [0.5, 0.6) is 0 Å². The molecule has 1 saturated carbocycles. The largest absolute Gasteiger partial charge is 0.460 e. The van der Waals surface area contributed by atoms with Gasteiger partial charge in [0.25, 0.3) is 0 Å². The standard InChI is InChI=1S/C18H26N4O2/c1-11(21-15-7-12(9-19)10-20-22-15)13-8-14(18(13,5)6)16(23)24-17(2,3)4/h7,10-11,13-14H,8H2,1-6H3,(H,21,22)/t11?,13-,14+/m0/s1. The lowest BCUT2D eigenvalue weighted by atomic mass is 9.52. The van der Waals surface area contributed by atoms with E-state index in [1.807, 2.05) is 20.8 Å². The van der Waals surface area contributed by atoms with Crippen LogP contribution in [0.4, 0.5) is 5.82 Å². The molecule has 1 aromatic heterocycles. The summed E-state index contributed by atoms with van der Waals surface area (Å²) in [4.78, 5) is 12.4. The molecule has 0 spiro atoms. The highest BCUT2D eigenvalue weighted by atomic mass is 16.6. The van der Waals surface area contributed by atoms with Crippen LogP contribution in [0.15, 0.2) is 12.3 Å². The first-order chi connectivity index (χ1) is 11.0. The molecule has 24 heavy (non-hydrogen) atoms. The van der Waals surface area contributed by atoms with Crippen molar-refractivity contribution in [1.82, 2.24) is 10.2 Å². The van der Waals surface area contributed by atoms with Gasteiger partial charge in [-0.05, 0) is 45.4 Å². The molecule has 1 aromatic rings. The average Bonchev–Trinajstić information content (AvgIpc) is 2.44. The average molecular weight is 330 g/mol. The molecule has 1 fully saturated rings. The predicted octanol–water partition coefficient (Wildman–Crippen LogP) is 3.15. The van der Waals surface area contributed by atoms with E-state index in [2.05, 4.69) is 42.4 Å². The second kappa shape index (κ2) is 6.39. The lowest BCUT2D eigenvalue weighted by molar-refractivity contribution is -0.177. The fourth-order valence-corrected chi connectivity index (χ4v) is 3.41. The molecular weight excluding hydrogens is 304 g/mol. The van der Waals surface area contributed by atoms with Crippen molar-refractivity contribution in [3.05, 3.63) is 17.8 Å². The van der Waals surface area contributed by atoms with Crippen molar-refractivity contribution in [3.63, 3.8) is 0 Å². The van der Waals surface area contributed by atoms with Gasteiger partial charge in [0.1, 0.15) is 17.5 Å². The fourth-order valence-electron chi connectivity index (χ4n) is 3.41. The van der Waals surface area contributed by atoms with Crippen LogP contribution in [-0.4, -0.2) is 27.8 Å². The van der Waals surface area contributed by atoms with E-state index in [4.69, 9.17) is 10.00 Å². The molecule has 1 aliphatic rings. The third-order valence-corrected chi connectivity index (χ3v) is 4.80. The minimum absolute atomic E-state index is 0.0949. The van der Waals surface area contributed by atoms with Crippen molar-refractivity contribution in [2.45, 2.75) is 59.6 Å². The van der Waals surface area contributed by atoms with Crippen molar-refractivity contribution in [2.75, 3.05) is 5.32 Å². The zero-order valence-electron chi connectivity index (χ0n) is 15.3. The predicted molar refractivity (Wildman–Crippen MR) is 91.1 cm³/mol. The molecule has 0 aliphatic heterocycles. The second-order valence-electron chi connectivity index (χ2n) is 8.12. The van der Waals surface area contributed by atoms with Gasteiger partial charge in [0.05, 0.1) is 17.7 Å². The Morgan fingerprint density at radius 3 is 2.71 bits per heavy atom. The summed E-state index contributed by atoms with van der Waals surface area (Å²) >= 11 is 0. The number of anilines is 1. The molecule has 6 heteroatoms. The summed E-state index contributed by atoms with van der Waals surface area (Å²) in [6.07, 6.45) is 2.21. The van der Waals surface area contributed by atoms with E-state index in [9.17, 15) is 4.79 Å². The van der Waals surface area contributed by atoms with Crippen molar-refractivity contribution < 1.29 is 9.53 Å². The smallest absolute Gasteiger partial charge is 0.310 e. The van der Waals surface area contributed by atoms with Gasteiger partial charge in [0.2, 0.25) is 0 Å². The Morgan fingerprint density at radius 2 is 2.17 bits per heavy atom. The third kappa shape index (κ3) is 3.84. The molecule has 3 atom stereocenters. The van der Waals surface area contributed by atoms with Crippen LogP contribution in [0.1, 0.15) is 53.5 Å². The number of hydrogen-bond donors (Lipinski definition) is 1. The first-order valence-electron chi connectivity index (χ1n) is 8.27. The summed E-state index contributed by atoms with van der Waals surface area (Å²) in [7, 11) is 0. The second-order valence-corrected chi connectivity index (χ2v) is 8.12. The van der Waals surface area contributed by atoms with Crippen LogP contribution in [0.3, 0.4) is 0 Å². The zero-order valence-corrected chi connectivity index (χ0v) is 15.3. The summed E-state index contributed by atoms with van der Waals surface area (Å²) in [5, 5.41) is 20.1. The number of aromatic nitrogens is 2. The topological polar surface area (TPSA) is 87.9 Å². The molecule has 0 amide bonds. The summed E-state index contributed by atoms with van der Waals surface area (Å²) in [6, 6.07) is 3.85. The Bertz CT molecular complexity index is 658. The van der Waals surface area contributed by atoms with E-state index < -0.39 is 5.60 Å². The molecule has 1 heterocycles. The molecule has 1 N–H and O–H groups in total. The fraction of sp³-hybridized carbons (Fsp3) is 0.667. The Labute approximate surface area is 143 Å². The molecule has 0 aromatic carbocycles. The highest BCUT2D eigenvalue weighted by molar-refractivity contribution is 5.75. The number of nitrogens with zero attached hydrogens (tertiary/aromatic N) is 3. The maximum Gasteiger partial charge on any atom is 0.310 e. The van der Waals surface area contributed by atoms with E-state index in [1.54, 1.807) is 6.07 Å². The van der Waals surface area contributed by atoms with E-state index >= 15 is 0 Å². The van der Waals surface area contributed by atoms with Gasteiger partial charge >= 0.3 is 5.97 Å². The SMILES string of the molecule is CC(Nc1cc(C#N)cnn1)[C@@H]1C[C@H](C(=O)OC(C)(C)C)C1(C)C. The Hall–Kier alpha value is -2.16. The van der Waals surface area contributed by atoms with Crippen LogP contribution >= 0.6 is 0 Å². The molecule has 130 valence electrons. The summed E-state index contributed by atoms with van der Waals surface area (Å²) < 4.78 is 5.54. The highest BCUT2D eigenvalue weighted by Crippen LogP contribution is 2.53. The van der Waals surface area contributed by atoms with Gasteiger partial charge in [-0.3, -0.25) is 4.79 Å². The molecule has 0 radical (unpaired) electrons. The van der Waals surface area contributed by atoms with Gasteiger partial charge in [-0.1, -0.05) is 13.8 Å². The number of nitriles is 1. The van der Waals surface area contributed by atoms with E-state index in [-0.39, 0.29) is 23.3 Å². The van der Waals surface area contributed by atoms with E-state index in [0.717, 1.165) is 6.42 Å². The van der Waals surface area contributed by atoms with Crippen molar-refractivity contribution >= 4 is 11.8 Å². The minimum atomic E-state index is -0.463. The molecule has 2 rings (SSSR count). The Balaban J connectivity index is 2.01. The summed E-state index contributed by atoms with van der Waals surface area (Å²) in [6.45, 7) is 11.9. The van der Waals surface area contributed by atoms with E-state index in [0.29, 0.717) is 17.3 Å². The van der Waals surface area contributed by atoms with Crippen LogP contribution in [0, 0.1) is 28.6 Å². The number of nitrogens with one attached hydrogen (secondary N) is 1. The molecular formula is C18H26N4O2. The van der Waals surface area contributed by atoms with E-state index in [1.165, 1.54) is 6.20 Å². The maximum atomic E-state index is 12.4. The quantitative estimate of drug-likeness (QED) is 0.853. The molecule has 0 saturated heterocycles. The van der Waals surface area contributed by atoms with Crippen LogP contribution in [-0.2, 0) is 9.53 Å². The van der Waals surface area contributed by atoms with Crippen molar-refractivity contribution in [3.8, 4) is 6.07 Å². The third-order valence-electron chi connectivity index (χ3n) is 4.80. The summed E-state index contributed by atoms with van der Waals surface area (Å²) in [5.74, 6) is 0.672. The number of rotatable bonds is 4. The minimum Gasteiger partial charge on any atom is -0.460 e. The van der Waals surface area contributed by atoms with Gasteiger partial charge in [-0.2, -0.15) is 10.4 Å². The van der Waals surface area contributed by atoms with Gasteiger partial charge in [-0.25, -0.2) is 0 Å². The van der Waals surface area contributed by atoms with Crippen LogP contribution in [0.2, 0.25) is 0 Å². The summed E-state index contributed by atoms with van der Waals surface area (Å²) in [5.41, 5.74) is -0.149. The van der Waals surface area contributed by atoms with Gasteiger partial charge in [-0.15, -0.1) is 5.10 Å². The normalized spacial score (nSPS) is 23.5. The Kier molecular flexibility index (Phi) is 4.84. The molecule has 1 unspecified atom stereocenters. The van der Waals surface area contributed by atoms with Crippen molar-refractivity contribution in [1.29, 1.82) is 5.26 Å². The Morgan fingerprint density at radius 1 is 1.50 bits per heavy atom. The van der Waals surface area contributed by atoms with Gasteiger partial charge < -0.3 is 10.1 Å². The first-order valence-corrected chi connectivity index (χ1v) is 8.27. The van der Waals surface area contributed by atoms with Crippen LogP contribution < -0.4 is 5.32 Å². The monoisotopic (exact) mass is 330 g/mol. The lowest BCUT2D eigenvalue weighted by Gasteiger charge is -2.53. The van der Waals surface area contributed by atoms with Crippen LogP contribution in [0.25, 0.3) is 0 Å². The number of carbonyl (C=O) groups excluding carboxylic acids is 1. The number of hydrogen-bond acceptors (Lipinski definition) is 6. The lowest BCUT2D eigenvalue weighted by Crippen LogP contribution is -2.55. The number of ether oxygens (including phenoxy) is 1. The molecule has 6 nitrogen and oxygen atoms in total. The number of esters is 1. The molecule has 1 aliphatic carbocycles. The molecule has 0 bridgehead atoms. The van der Waals surface area contributed by atoms with Crippen molar-refractivity contribution in [2.24, 2.45) is 17.3 Å². The zero-order chi connectivity index (χ0) is 18.1. The first kappa shape index (κ1) is 18.2. The van der Waals surface area contributed by atoms with Gasteiger partial charge in [0.15, 0.2) is 0 Å². The number of carbonyl (C=O) groups is 1. The maximum absolute atomic E-state index is 12.4.